The summed E-state index contributed by atoms with van der Waals surface area (Å²) in [7, 11) is 1.83. The molecule has 1 saturated heterocycles. The van der Waals surface area contributed by atoms with E-state index in [1.165, 1.54) is 32.1 Å². The summed E-state index contributed by atoms with van der Waals surface area (Å²) in [6.45, 7) is 8.99. The lowest BCUT2D eigenvalue weighted by molar-refractivity contribution is -0.0320. The lowest BCUT2D eigenvalue weighted by atomic mass is 10.0. The molecule has 0 spiro atoms. The molecule has 1 fully saturated rings. The number of nitrogens with one attached hydrogen (secondary N) is 2. The molecule has 0 aromatic heterocycles. The van der Waals surface area contributed by atoms with Gasteiger partial charge >= 0.3 is 0 Å². The number of hydrogen-bond donors (Lipinski definition) is 2. The zero-order valence-electron chi connectivity index (χ0n) is 16.1. The van der Waals surface area contributed by atoms with Gasteiger partial charge in [-0.25, -0.2) is 0 Å². The van der Waals surface area contributed by atoms with Gasteiger partial charge < -0.3 is 20.1 Å². The van der Waals surface area contributed by atoms with Crippen LogP contribution in [0.15, 0.2) is 4.99 Å². The third-order valence-electron chi connectivity index (χ3n) is 4.36. The van der Waals surface area contributed by atoms with Gasteiger partial charge in [-0.15, -0.1) is 0 Å². The van der Waals surface area contributed by atoms with Crippen molar-refractivity contribution in [3.8, 4) is 0 Å². The van der Waals surface area contributed by atoms with Crippen LogP contribution in [0.25, 0.3) is 0 Å². The summed E-state index contributed by atoms with van der Waals surface area (Å²) < 4.78 is 11.2. The van der Waals surface area contributed by atoms with Crippen LogP contribution in [0, 0.1) is 5.92 Å². The molecule has 5 heteroatoms. The van der Waals surface area contributed by atoms with Crippen molar-refractivity contribution < 1.29 is 9.47 Å². The first-order valence-corrected chi connectivity index (χ1v) is 9.86. The zero-order chi connectivity index (χ0) is 17.5. The lowest BCUT2D eigenvalue weighted by Crippen LogP contribution is -2.38. The highest BCUT2D eigenvalue weighted by Gasteiger charge is 2.13. The van der Waals surface area contributed by atoms with E-state index in [9.17, 15) is 0 Å². The van der Waals surface area contributed by atoms with Crippen molar-refractivity contribution in [1.82, 2.24) is 10.6 Å². The number of rotatable bonds is 12. The van der Waals surface area contributed by atoms with Crippen molar-refractivity contribution in [2.75, 3.05) is 40.0 Å². The first-order valence-electron chi connectivity index (χ1n) is 9.86. The van der Waals surface area contributed by atoms with E-state index in [0.29, 0.717) is 6.10 Å². The van der Waals surface area contributed by atoms with Crippen LogP contribution in [-0.4, -0.2) is 52.0 Å². The van der Waals surface area contributed by atoms with Gasteiger partial charge in [-0.2, -0.15) is 0 Å². The normalized spacial score (nSPS) is 16.6. The highest BCUT2D eigenvalue weighted by atomic mass is 16.5. The minimum absolute atomic E-state index is 0.395. The zero-order valence-corrected chi connectivity index (χ0v) is 16.1. The van der Waals surface area contributed by atoms with Crippen LogP contribution in [0.1, 0.15) is 65.2 Å². The Balaban J connectivity index is 1.91. The number of hydrogen-bond acceptors (Lipinski definition) is 3. The van der Waals surface area contributed by atoms with Gasteiger partial charge in [-0.1, -0.05) is 39.5 Å². The van der Waals surface area contributed by atoms with Crippen molar-refractivity contribution in [2.24, 2.45) is 10.9 Å². The van der Waals surface area contributed by atoms with Crippen LogP contribution in [0.2, 0.25) is 0 Å². The quantitative estimate of drug-likeness (QED) is 0.325. The first kappa shape index (κ1) is 21.2. The summed E-state index contributed by atoms with van der Waals surface area (Å²) in [6, 6.07) is 0. The second-order valence-electron chi connectivity index (χ2n) is 7.06. The van der Waals surface area contributed by atoms with Crippen molar-refractivity contribution >= 4 is 5.96 Å². The van der Waals surface area contributed by atoms with Crippen LogP contribution < -0.4 is 10.6 Å². The van der Waals surface area contributed by atoms with Crippen molar-refractivity contribution in [3.63, 3.8) is 0 Å². The predicted molar refractivity (Wildman–Crippen MR) is 102 cm³/mol. The molecule has 142 valence electrons. The molecule has 1 heterocycles. The molecule has 0 aromatic carbocycles. The SMILES string of the molecule is CN=C(NCCCCCCC(C)C)NCCCOC1CCOCC1. The van der Waals surface area contributed by atoms with Crippen molar-refractivity contribution in [3.05, 3.63) is 0 Å². The summed E-state index contributed by atoms with van der Waals surface area (Å²) in [5.41, 5.74) is 0. The van der Waals surface area contributed by atoms with Gasteiger partial charge in [0.15, 0.2) is 5.96 Å². The van der Waals surface area contributed by atoms with E-state index in [1.807, 2.05) is 7.05 Å². The Bertz CT molecular complexity index is 316. The third-order valence-corrected chi connectivity index (χ3v) is 4.36. The monoisotopic (exact) mass is 341 g/mol. The Hall–Kier alpha value is -0.810. The molecule has 24 heavy (non-hydrogen) atoms. The summed E-state index contributed by atoms with van der Waals surface area (Å²) in [4.78, 5) is 4.27. The lowest BCUT2D eigenvalue weighted by Gasteiger charge is -2.22. The molecule has 0 amide bonds. The number of aliphatic imine (C=N–C) groups is 1. The molecule has 1 rings (SSSR count). The van der Waals surface area contributed by atoms with Crippen molar-refractivity contribution in [2.45, 2.75) is 71.3 Å². The molecule has 0 radical (unpaired) electrons. The summed E-state index contributed by atoms with van der Waals surface area (Å²) in [5.74, 6) is 1.74. The minimum Gasteiger partial charge on any atom is -0.381 e. The van der Waals surface area contributed by atoms with Gasteiger partial charge in [0, 0.05) is 40.0 Å². The average molecular weight is 342 g/mol. The van der Waals surface area contributed by atoms with E-state index in [-0.39, 0.29) is 0 Å². The van der Waals surface area contributed by atoms with E-state index in [4.69, 9.17) is 9.47 Å². The van der Waals surface area contributed by atoms with Gasteiger partial charge in [0.2, 0.25) is 0 Å². The maximum atomic E-state index is 5.87. The molecule has 1 aliphatic heterocycles. The average Bonchev–Trinajstić information content (AvgIpc) is 2.59. The van der Waals surface area contributed by atoms with Crippen LogP contribution >= 0.6 is 0 Å². The molecule has 2 N–H and O–H groups in total. The summed E-state index contributed by atoms with van der Waals surface area (Å²) in [6.07, 6.45) is 10.0. The van der Waals surface area contributed by atoms with Gasteiger partial charge in [0.05, 0.1) is 6.10 Å². The van der Waals surface area contributed by atoms with Crippen LogP contribution in [0.4, 0.5) is 0 Å². The molecular weight excluding hydrogens is 302 g/mol. The fourth-order valence-corrected chi connectivity index (χ4v) is 2.83. The van der Waals surface area contributed by atoms with E-state index >= 15 is 0 Å². The molecule has 0 atom stereocenters. The fraction of sp³-hybridized carbons (Fsp3) is 0.947. The molecule has 0 aromatic rings. The minimum atomic E-state index is 0.395. The predicted octanol–water partition coefficient (Wildman–Crippen LogP) is 3.34. The molecule has 0 saturated carbocycles. The number of nitrogens with zero attached hydrogens (tertiary/aromatic N) is 1. The largest absolute Gasteiger partial charge is 0.381 e. The molecular formula is C19H39N3O2. The smallest absolute Gasteiger partial charge is 0.190 e. The van der Waals surface area contributed by atoms with Crippen molar-refractivity contribution in [1.29, 1.82) is 0 Å². The van der Waals surface area contributed by atoms with Gasteiger partial charge in [0.25, 0.3) is 0 Å². The number of ether oxygens (including phenoxy) is 2. The molecule has 0 aliphatic carbocycles. The number of unbranched alkanes of at least 4 members (excludes halogenated alkanes) is 3. The Labute approximate surface area is 149 Å². The molecule has 5 nitrogen and oxygen atoms in total. The van der Waals surface area contributed by atoms with Gasteiger partial charge in [0.1, 0.15) is 0 Å². The van der Waals surface area contributed by atoms with Crippen LogP contribution in [-0.2, 0) is 9.47 Å². The van der Waals surface area contributed by atoms with E-state index < -0.39 is 0 Å². The molecule has 1 aliphatic rings. The van der Waals surface area contributed by atoms with E-state index in [1.54, 1.807) is 0 Å². The third kappa shape index (κ3) is 11.7. The number of guanidine groups is 1. The van der Waals surface area contributed by atoms with E-state index in [2.05, 4.69) is 29.5 Å². The standard InChI is InChI=1S/C19H39N3O2/c1-17(2)9-6-4-5-7-12-21-19(20-3)22-13-8-14-24-18-10-15-23-16-11-18/h17-18H,4-16H2,1-3H3,(H2,20,21,22). The van der Waals surface area contributed by atoms with Crippen LogP contribution in [0.3, 0.4) is 0 Å². The summed E-state index contributed by atoms with van der Waals surface area (Å²) in [5, 5.41) is 6.75. The van der Waals surface area contributed by atoms with Crippen LogP contribution in [0.5, 0.6) is 0 Å². The maximum absolute atomic E-state index is 5.87. The second-order valence-corrected chi connectivity index (χ2v) is 7.06. The Morgan fingerprint density at radius 1 is 1.04 bits per heavy atom. The topological polar surface area (TPSA) is 54.9 Å². The first-order chi connectivity index (χ1) is 11.7. The Morgan fingerprint density at radius 3 is 2.38 bits per heavy atom. The Morgan fingerprint density at radius 2 is 1.71 bits per heavy atom. The molecule has 0 bridgehead atoms. The maximum Gasteiger partial charge on any atom is 0.190 e. The van der Waals surface area contributed by atoms with E-state index in [0.717, 1.165) is 64.1 Å². The molecule has 0 unspecified atom stereocenters. The summed E-state index contributed by atoms with van der Waals surface area (Å²) >= 11 is 0. The fourth-order valence-electron chi connectivity index (χ4n) is 2.83. The highest BCUT2D eigenvalue weighted by molar-refractivity contribution is 5.79. The second kappa shape index (κ2) is 14.5. The highest BCUT2D eigenvalue weighted by Crippen LogP contribution is 2.10. The van der Waals surface area contributed by atoms with Gasteiger partial charge in [-0.3, -0.25) is 4.99 Å². The van der Waals surface area contributed by atoms with Gasteiger partial charge in [-0.05, 0) is 31.6 Å². The Kier molecular flexibility index (Phi) is 12.9.